The van der Waals surface area contributed by atoms with Crippen LogP contribution in [-0.4, -0.2) is 45.0 Å². The molecule has 2 N–H and O–H groups in total. The predicted octanol–water partition coefficient (Wildman–Crippen LogP) is 3.83. The van der Waals surface area contributed by atoms with Crippen LogP contribution in [0.25, 0.3) is 5.65 Å². The van der Waals surface area contributed by atoms with E-state index in [0.717, 1.165) is 36.5 Å². The third-order valence-corrected chi connectivity index (χ3v) is 5.51. The second-order valence-electron chi connectivity index (χ2n) is 7.82. The Bertz CT molecular complexity index is 1040. The summed E-state index contributed by atoms with van der Waals surface area (Å²) >= 11 is 0. The molecule has 158 valence electrons. The Balaban J connectivity index is 1.78. The SMILES string of the molecule is C=C1/C(=N\C=C(/C)F)CC[C@@H](C)NC(=O)Nc2cnn3ccc(nc23)N2CCC[C@H]12. The molecule has 2 aromatic rings. The van der Waals surface area contributed by atoms with E-state index in [2.05, 4.69) is 32.2 Å². The van der Waals surface area contributed by atoms with Crippen molar-refractivity contribution in [1.82, 2.24) is 19.9 Å². The Morgan fingerprint density at radius 2 is 2.27 bits per heavy atom. The first kappa shape index (κ1) is 20.1. The molecule has 4 rings (SSSR count). The van der Waals surface area contributed by atoms with Crippen LogP contribution in [0.3, 0.4) is 0 Å². The van der Waals surface area contributed by atoms with Crippen molar-refractivity contribution in [2.75, 3.05) is 16.8 Å². The van der Waals surface area contributed by atoms with Crippen molar-refractivity contribution in [1.29, 1.82) is 0 Å². The van der Waals surface area contributed by atoms with Gasteiger partial charge in [0.2, 0.25) is 0 Å². The smallest absolute Gasteiger partial charge is 0.319 e. The van der Waals surface area contributed by atoms with E-state index in [4.69, 9.17) is 4.98 Å². The highest BCUT2D eigenvalue weighted by Gasteiger charge is 2.30. The summed E-state index contributed by atoms with van der Waals surface area (Å²) in [6, 6.07) is 1.52. The Morgan fingerprint density at radius 3 is 3.07 bits per heavy atom. The lowest BCUT2D eigenvalue weighted by Gasteiger charge is -2.28. The highest BCUT2D eigenvalue weighted by molar-refractivity contribution is 6.02. The van der Waals surface area contributed by atoms with Crippen LogP contribution in [0.4, 0.5) is 20.7 Å². The second-order valence-corrected chi connectivity index (χ2v) is 7.82. The molecule has 2 aliphatic heterocycles. The number of fused-ring (bicyclic) bond motifs is 3. The first-order valence-corrected chi connectivity index (χ1v) is 10.2. The number of aromatic nitrogens is 3. The van der Waals surface area contributed by atoms with Gasteiger partial charge in [-0.1, -0.05) is 6.58 Å². The molecule has 2 atom stereocenters. The zero-order chi connectivity index (χ0) is 21.3. The van der Waals surface area contributed by atoms with Crippen LogP contribution in [-0.2, 0) is 0 Å². The number of rotatable bonds is 1. The van der Waals surface area contributed by atoms with Gasteiger partial charge in [-0.2, -0.15) is 5.10 Å². The number of anilines is 2. The summed E-state index contributed by atoms with van der Waals surface area (Å²) in [7, 11) is 0. The Hall–Kier alpha value is -3.23. The lowest BCUT2D eigenvalue weighted by atomic mass is 9.96. The molecule has 2 bridgehead atoms. The molecular formula is C21H26FN7O. The summed E-state index contributed by atoms with van der Waals surface area (Å²) < 4.78 is 15.0. The fraction of sp³-hybridized carbons (Fsp3) is 0.429. The number of carbonyl (C=O) groups is 1. The van der Waals surface area contributed by atoms with Crippen molar-refractivity contribution >= 4 is 28.9 Å². The van der Waals surface area contributed by atoms with Gasteiger partial charge in [-0.25, -0.2) is 18.7 Å². The summed E-state index contributed by atoms with van der Waals surface area (Å²) in [6.45, 7) is 8.46. The van der Waals surface area contributed by atoms with Crippen LogP contribution >= 0.6 is 0 Å². The van der Waals surface area contributed by atoms with Gasteiger partial charge < -0.3 is 15.5 Å². The first-order chi connectivity index (χ1) is 14.4. The largest absolute Gasteiger partial charge is 0.349 e. The van der Waals surface area contributed by atoms with Crippen molar-refractivity contribution in [2.45, 2.75) is 51.6 Å². The van der Waals surface area contributed by atoms with E-state index < -0.39 is 0 Å². The molecule has 2 amide bonds. The van der Waals surface area contributed by atoms with Crippen LogP contribution < -0.4 is 15.5 Å². The zero-order valence-corrected chi connectivity index (χ0v) is 17.2. The quantitative estimate of drug-likeness (QED) is 0.747. The zero-order valence-electron chi connectivity index (χ0n) is 17.2. The molecule has 9 heteroatoms. The minimum atomic E-state index is -0.357. The Kier molecular flexibility index (Phi) is 5.52. The molecule has 4 heterocycles. The summed E-state index contributed by atoms with van der Waals surface area (Å²) in [5.74, 6) is 0.431. The van der Waals surface area contributed by atoms with Gasteiger partial charge in [0.05, 0.1) is 18.4 Å². The number of allylic oxidation sites excluding steroid dienone is 1. The predicted molar refractivity (Wildman–Crippen MR) is 116 cm³/mol. The van der Waals surface area contributed by atoms with Gasteiger partial charge in [0, 0.05) is 24.5 Å². The number of urea groups is 1. The number of hydrogen-bond donors (Lipinski definition) is 2. The van der Waals surface area contributed by atoms with Crippen molar-refractivity contribution in [3.8, 4) is 0 Å². The highest BCUT2D eigenvalue weighted by Crippen LogP contribution is 2.30. The summed E-state index contributed by atoms with van der Waals surface area (Å²) in [6.07, 6.45) is 7.83. The number of carbonyl (C=O) groups excluding carboxylic acids is 1. The van der Waals surface area contributed by atoms with E-state index in [9.17, 15) is 9.18 Å². The van der Waals surface area contributed by atoms with Crippen molar-refractivity contribution in [3.63, 3.8) is 0 Å². The third kappa shape index (κ3) is 4.05. The van der Waals surface area contributed by atoms with Crippen molar-refractivity contribution < 1.29 is 9.18 Å². The molecular weight excluding hydrogens is 385 g/mol. The average Bonchev–Trinajstić information content (AvgIpc) is 3.34. The summed E-state index contributed by atoms with van der Waals surface area (Å²) in [5, 5.41) is 10.0. The number of hydrogen-bond acceptors (Lipinski definition) is 5. The van der Waals surface area contributed by atoms with E-state index in [-0.39, 0.29) is 23.9 Å². The van der Waals surface area contributed by atoms with Gasteiger partial charge in [0.1, 0.15) is 17.3 Å². The van der Waals surface area contributed by atoms with Gasteiger partial charge in [-0.15, -0.1) is 0 Å². The topological polar surface area (TPSA) is 86.9 Å². The van der Waals surface area contributed by atoms with Gasteiger partial charge in [-0.05, 0) is 51.2 Å². The third-order valence-electron chi connectivity index (χ3n) is 5.51. The molecule has 2 aliphatic rings. The minimum absolute atomic E-state index is 0.0409. The van der Waals surface area contributed by atoms with Crippen LogP contribution in [0, 0.1) is 0 Å². The number of nitrogens with zero attached hydrogens (tertiary/aromatic N) is 5. The fourth-order valence-electron chi connectivity index (χ4n) is 3.99. The van der Waals surface area contributed by atoms with Gasteiger partial charge in [-0.3, -0.25) is 4.99 Å². The molecule has 1 saturated heterocycles. The molecule has 8 nitrogen and oxygen atoms in total. The molecule has 0 aromatic carbocycles. The fourth-order valence-corrected chi connectivity index (χ4v) is 3.99. The van der Waals surface area contributed by atoms with Crippen molar-refractivity contribution in [3.05, 3.63) is 42.6 Å². The lowest BCUT2D eigenvalue weighted by molar-refractivity contribution is 0.249. The Labute approximate surface area is 174 Å². The molecule has 0 aliphatic carbocycles. The van der Waals surface area contributed by atoms with Crippen LogP contribution in [0.15, 0.2) is 47.6 Å². The number of amides is 2. The maximum Gasteiger partial charge on any atom is 0.319 e. The van der Waals surface area contributed by atoms with E-state index in [1.54, 1.807) is 10.7 Å². The van der Waals surface area contributed by atoms with Crippen LogP contribution in [0.5, 0.6) is 0 Å². The number of aliphatic imine (C=N–C) groups is 1. The van der Waals surface area contributed by atoms with Crippen LogP contribution in [0.1, 0.15) is 39.5 Å². The highest BCUT2D eigenvalue weighted by atomic mass is 19.1. The molecule has 1 fully saturated rings. The molecule has 0 spiro atoms. The molecule has 0 radical (unpaired) electrons. The monoisotopic (exact) mass is 411 g/mol. The number of nitrogens with one attached hydrogen (secondary N) is 2. The molecule has 0 saturated carbocycles. The van der Waals surface area contributed by atoms with E-state index in [1.165, 1.54) is 13.1 Å². The maximum atomic E-state index is 13.4. The van der Waals surface area contributed by atoms with Crippen molar-refractivity contribution in [2.24, 2.45) is 4.99 Å². The summed E-state index contributed by atoms with van der Waals surface area (Å²) in [5.41, 5.74) is 2.75. The lowest BCUT2D eigenvalue weighted by Crippen LogP contribution is -2.37. The van der Waals surface area contributed by atoms with Gasteiger partial charge in [0.25, 0.3) is 0 Å². The molecule has 0 unspecified atom stereocenters. The minimum Gasteiger partial charge on any atom is -0.349 e. The molecule has 2 aromatic heterocycles. The first-order valence-electron chi connectivity index (χ1n) is 10.2. The molecule has 30 heavy (non-hydrogen) atoms. The van der Waals surface area contributed by atoms with E-state index in [0.29, 0.717) is 24.2 Å². The van der Waals surface area contributed by atoms with E-state index in [1.807, 2.05) is 19.2 Å². The second kappa shape index (κ2) is 8.25. The Morgan fingerprint density at radius 1 is 1.43 bits per heavy atom. The van der Waals surface area contributed by atoms with Gasteiger partial charge in [0.15, 0.2) is 5.65 Å². The average molecular weight is 411 g/mol. The van der Waals surface area contributed by atoms with Crippen LogP contribution in [0.2, 0.25) is 0 Å². The van der Waals surface area contributed by atoms with E-state index >= 15 is 0 Å². The van der Waals surface area contributed by atoms with Gasteiger partial charge >= 0.3 is 6.03 Å². The normalized spacial score (nSPS) is 24.7. The number of halogens is 1. The standard InChI is InChI=1S/C21H26FN7O/c1-13(22)11-23-16-7-6-14(2)25-21(30)26-17-12-24-29-10-8-19(27-20(17)29)28-9-4-5-18(28)15(16)3/h8,10-12,14,18H,3-7,9H2,1-2H3,(H2,25,26,30)/b13-11+,23-16-/t14-,18-/m1/s1. The summed E-state index contributed by atoms with van der Waals surface area (Å²) in [4.78, 5) is 23.8. The maximum absolute atomic E-state index is 13.4.